The number of anilines is 3. The summed E-state index contributed by atoms with van der Waals surface area (Å²) in [6.45, 7) is 0.230. The Kier molecular flexibility index (Phi) is 6.01. The van der Waals surface area contributed by atoms with Gasteiger partial charge in [0.2, 0.25) is 0 Å². The van der Waals surface area contributed by atoms with Gasteiger partial charge >= 0.3 is 0 Å². The van der Waals surface area contributed by atoms with Gasteiger partial charge in [0.15, 0.2) is 0 Å². The molecule has 0 saturated heterocycles. The second-order valence-electron chi connectivity index (χ2n) is 5.56. The lowest BCUT2D eigenvalue weighted by Crippen LogP contribution is -2.15. The van der Waals surface area contributed by atoms with Gasteiger partial charge in [-0.3, -0.25) is 4.90 Å². The molecule has 8 heteroatoms. The van der Waals surface area contributed by atoms with Crippen LogP contribution in [0.2, 0.25) is 10.0 Å². The van der Waals surface area contributed by atoms with Gasteiger partial charge in [-0.2, -0.15) is 0 Å². The highest BCUT2D eigenvalue weighted by molar-refractivity contribution is 6.35. The lowest BCUT2D eigenvalue weighted by atomic mass is 10.1. The fourth-order valence-electron chi connectivity index (χ4n) is 2.72. The molecule has 1 aromatic heterocycles. The highest BCUT2D eigenvalue weighted by atomic mass is 35.5. The fraction of sp³-hybridized carbons (Fsp3) is 0.158. The second-order valence-corrected chi connectivity index (χ2v) is 6.41. The van der Waals surface area contributed by atoms with Crippen LogP contribution in [0.1, 0.15) is 5.56 Å². The normalized spacial score (nSPS) is 10.6. The van der Waals surface area contributed by atoms with E-state index in [9.17, 15) is 0 Å². The van der Waals surface area contributed by atoms with Crippen molar-refractivity contribution in [2.45, 2.75) is 6.54 Å². The van der Waals surface area contributed by atoms with Crippen LogP contribution in [0.15, 0.2) is 48.9 Å². The molecule has 140 valence electrons. The molecule has 2 aromatic carbocycles. The van der Waals surface area contributed by atoms with Gasteiger partial charge in [0.25, 0.3) is 0 Å². The Bertz CT molecular complexity index is 916. The Balaban J connectivity index is 2.30. The molecular weight excluding hydrogens is 387 g/mol. The molecule has 0 saturated carbocycles. The minimum Gasteiger partial charge on any atom is -0.497 e. The van der Waals surface area contributed by atoms with Gasteiger partial charge in [-0.25, -0.2) is 9.97 Å². The third-order valence-electron chi connectivity index (χ3n) is 3.97. The first-order chi connectivity index (χ1) is 13.1. The number of methoxy groups -OCH3 is 2. The van der Waals surface area contributed by atoms with Crippen molar-refractivity contribution in [1.29, 1.82) is 0 Å². The minimum atomic E-state index is 0.230. The summed E-state index contributed by atoms with van der Waals surface area (Å²) in [5.41, 5.74) is 8.17. The predicted molar refractivity (Wildman–Crippen MR) is 108 cm³/mol. The molecule has 0 spiro atoms. The lowest BCUT2D eigenvalue weighted by molar-refractivity contribution is 0.394. The summed E-state index contributed by atoms with van der Waals surface area (Å²) in [6, 6.07) is 10.7. The van der Waals surface area contributed by atoms with Gasteiger partial charge in [-0.15, -0.1) is 0 Å². The quantitative estimate of drug-likeness (QED) is 0.639. The van der Waals surface area contributed by atoms with Crippen LogP contribution < -0.4 is 20.1 Å². The highest BCUT2D eigenvalue weighted by Gasteiger charge is 2.20. The van der Waals surface area contributed by atoms with Crippen LogP contribution in [-0.2, 0) is 6.54 Å². The van der Waals surface area contributed by atoms with Crippen molar-refractivity contribution >= 4 is 40.4 Å². The van der Waals surface area contributed by atoms with Gasteiger partial charge in [-0.05, 0) is 18.2 Å². The smallest absolute Gasteiger partial charge is 0.140 e. The van der Waals surface area contributed by atoms with Crippen LogP contribution in [0.5, 0.6) is 11.5 Å². The zero-order valence-corrected chi connectivity index (χ0v) is 16.3. The van der Waals surface area contributed by atoms with Crippen molar-refractivity contribution in [2.24, 2.45) is 5.73 Å². The summed E-state index contributed by atoms with van der Waals surface area (Å²) in [7, 11) is 3.18. The first-order valence-electron chi connectivity index (χ1n) is 8.04. The topological polar surface area (TPSA) is 73.5 Å². The van der Waals surface area contributed by atoms with Crippen molar-refractivity contribution in [1.82, 2.24) is 9.97 Å². The molecule has 0 aliphatic rings. The second kappa shape index (κ2) is 8.43. The Labute approximate surface area is 167 Å². The first-order valence-corrected chi connectivity index (χ1v) is 8.80. The molecule has 0 amide bonds. The van der Waals surface area contributed by atoms with Gasteiger partial charge in [-0.1, -0.05) is 23.2 Å². The Morgan fingerprint density at radius 2 is 1.74 bits per heavy atom. The number of benzene rings is 2. The van der Waals surface area contributed by atoms with Crippen molar-refractivity contribution < 1.29 is 9.47 Å². The molecule has 0 bridgehead atoms. The van der Waals surface area contributed by atoms with Crippen molar-refractivity contribution in [3.63, 3.8) is 0 Å². The first kappa shape index (κ1) is 19.2. The number of aromatic nitrogens is 2. The van der Waals surface area contributed by atoms with Crippen LogP contribution in [0.4, 0.5) is 17.2 Å². The molecule has 3 aromatic rings. The molecule has 3 rings (SSSR count). The molecule has 1 heterocycles. The number of nitrogens with zero attached hydrogens (tertiary/aromatic N) is 3. The average Bonchev–Trinajstić information content (AvgIpc) is 2.68. The van der Waals surface area contributed by atoms with E-state index in [-0.39, 0.29) is 6.54 Å². The van der Waals surface area contributed by atoms with E-state index in [0.717, 1.165) is 11.3 Å². The van der Waals surface area contributed by atoms with Crippen LogP contribution in [0.3, 0.4) is 0 Å². The standard InChI is InChI=1S/C19H18Cl2N4O2/c1-26-14-7-13(8-15(9-14)27-2)25(19-3-4-23-11-24-19)18-6-12(20)5-17(21)16(18)10-22/h3-9,11H,10,22H2,1-2H3. The van der Waals surface area contributed by atoms with Crippen LogP contribution in [0, 0.1) is 0 Å². The van der Waals surface area contributed by atoms with E-state index in [2.05, 4.69) is 9.97 Å². The minimum absolute atomic E-state index is 0.230. The predicted octanol–water partition coefficient (Wildman–Crippen LogP) is 4.73. The zero-order chi connectivity index (χ0) is 19.4. The molecule has 0 atom stereocenters. The maximum absolute atomic E-state index is 6.40. The zero-order valence-electron chi connectivity index (χ0n) is 14.8. The number of halogens is 2. The largest absolute Gasteiger partial charge is 0.497 e. The number of ether oxygens (including phenoxy) is 2. The maximum atomic E-state index is 6.40. The summed E-state index contributed by atoms with van der Waals surface area (Å²) in [6.07, 6.45) is 3.12. The third kappa shape index (κ3) is 4.08. The van der Waals surface area contributed by atoms with Crippen molar-refractivity contribution in [2.75, 3.05) is 19.1 Å². The van der Waals surface area contributed by atoms with E-state index in [1.807, 2.05) is 17.0 Å². The fourth-order valence-corrected chi connectivity index (χ4v) is 3.28. The number of hydrogen-bond acceptors (Lipinski definition) is 6. The van der Waals surface area contributed by atoms with E-state index in [1.165, 1.54) is 6.33 Å². The lowest BCUT2D eigenvalue weighted by Gasteiger charge is -2.27. The summed E-state index contributed by atoms with van der Waals surface area (Å²) >= 11 is 12.7. The van der Waals surface area contributed by atoms with E-state index in [4.69, 9.17) is 38.4 Å². The van der Waals surface area contributed by atoms with Crippen molar-refractivity contribution in [3.8, 4) is 11.5 Å². The Morgan fingerprint density at radius 1 is 1.04 bits per heavy atom. The molecular formula is C19H18Cl2N4O2. The molecule has 0 unspecified atom stereocenters. The summed E-state index contributed by atoms with van der Waals surface area (Å²) < 4.78 is 10.8. The molecule has 0 fully saturated rings. The van der Waals surface area contributed by atoms with E-state index >= 15 is 0 Å². The average molecular weight is 405 g/mol. The molecule has 0 aliphatic heterocycles. The summed E-state index contributed by atoms with van der Waals surface area (Å²) in [5, 5.41) is 0.968. The highest BCUT2D eigenvalue weighted by Crippen LogP contribution is 2.41. The van der Waals surface area contributed by atoms with E-state index < -0.39 is 0 Å². The number of hydrogen-bond donors (Lipinski definition) is 1. The van der Waals surface area contributed by atoms with Gasteiger partial charge < -0.3 is 15.2 Å². The molecule has 0 radical (unpaired) electrons. The van der Waals surface area contributed by atoms with Crippen LogP contribution >= 0.6 is 23.2 Å². The SMILES string of the molecule is COc1cc(OC)cc(N(c2ccncn2)c2cc(Cl)cc(Cl)c2CN)c1. The third-order valence-corrected chi connectivity index (χ3v) is 4.53. The molecule has 2 N–H and O–H groups in total. The molecule has 0 aliphatic carbocycles. The monoisotopic (exact) mass is 404 g/mol. The summed E-state index contributed by atoms with van der Waals surface area (Å²) in [4.78, 5) is 10.3. The maximum Gasteiger partial charge on any atom is 0.140 e. The number of rotatable bonds is 6. The molecule has 6 nitrogen and oxygen atoms in total. The van der Waals surface area contributed by atoms with E-state index in [1.54, 1.807) is 44.7 Å². The van der Waals surface area contributed by atoms with Gasteiger partial charge in [0.05, 0.1) is 25.6 Å². The van der Waals surface area contributed by atoms with Crippen LogP contribution in [0.25, 0.3) is 0 Å². The Hall–Kier alpha value is -2.54. The van der Waals surface area contributed by atoms with Gasteiger partial charge in [0.1, 0.15) is 23.6 Å². The van der Waals surface area contributed by atoms with Gasteiger partial charge in [0, 0.05) is 46.5 Å². The molecule has 27 heavy (non-hydrogen) atoms. The van der Waals surface area contributed by atoms with E-state index in [0.29, 0.717) is 33.0 Å². The Morgan fingerprint density at radius 3 is 2.30 bits per heavy atom. The van der Waals surface area contributed by atoms with Crippen LogP contribution in [-0.4, -0.2) is 24.2 Å². The van der Waals surface area contributed by atoms with Crippen molar-refractivity contribution in [3.05, 3.63) is 64.5 Å². The summed E-state index contributed by atoms with van der Waals surface area (Å²) in [5.74, 6) is 1.88. The number of nitrogens with two attached hydrogens (primary N) is 1.